The average molecular weight is 426 g/mol. The molecule has 0 aliphatic rings. The topological polar surface area (TPSA) is 37.6 Å². The fourth-order valence-corrected chi connectivity index (χ4v) is 4.23. The van der Waals surface area contributed by atoms with Gasteiger partial charge in [-0.3, -0.25) is 4.79 Å². The molecule has 0 radical (unpaired) electrons. The van der Waals surface area contributed by atoms with Crippen molar-refractivity contribution in [1.82, 2.24) is 14.3 Å². The monoisotopic (exact) mass is 425 g/mol. The quantitative estimate of drug-likeness (QED) is 0.359. The highest BCUT2D eigenvalue weighted by atomic mass is 16.2. The summed E-state index contributed by atoms with van der Waals surface area (Å²) in [5, 5.41) is 0. The summed E-state index contributed by atoms with van der Waals surface area (Å²) in [6, 6.07) is 21.2. The highest BCUT2D eigenvalue weighted by molar-refractivity contribution is 5.77. The van der Waals surface area contributed by atoms with Gasteiger partial charge in [-0.1, -0.05) is 59.7 Å². The Balaban J connectivity index is 1.80. The van der Waals surface area contributed by atoms with E-state index in [9.17, 15) is 4.79 Å². The summed E-state index contributed by atoms with van der Waals surface area (Å²) in [6.07, 6.45) is 3.28. The Hall–Kier alpha value is -3.40. The summed E-state index contributed by atoms with van der Waals surface area (Å²) in [5.74, 6) is 0.189. The molecule has 0 aliphatic heterocycles. The maximum absolute atomic E-state index is 12.8. The Morgan fingerprint density at radius 1 is 0.875 bits per heavy atom. The number of imidazole rings is 1. The second kappa shape index (κ2) is 9.39. The molecule has 0 saturated heterocycles. The summed E-state index contributed by atoms with van der Waals surface area (Å²) < 4.78 is 2.17. The molecule has 0 bridgehead atoms. The lowest BCUT2D eigenvalue weighted by Crippen LogP contribution is -2.30. The normalized spacial score (nSPS) is 11.1. The molecule has 4 heteroatoms. The van der Waals surface area contributed by atoms with Crippen LogP contribution in [-0.4, -0.2) is 33.3 Å². The highest BCUT2D eigenvalue weighted by Gasteiger charge is 2.18. The van der Waals surface area contributed by atoms with Crippen LogP contribution >= 0.6 is 0 Å². The molecular formula is C28H31N3O. The number of carbonyl (C=O) groups is 1. The molecule has 0 saturated carbocycles. The first kappa shape index (κ1) is 21.8. The zero-order valence-corrected chi connectivity index (χ0v) is 19.4. The van der Waals surface area contributed by atoms with Crippen molar-refractivity contribution in [3.63, 3.8) is 0 Å². The van der Waals surface area contributed by atoms with Gasteiger partial charge in [-0.05, 0) is 57.4 Å². The predicted octanol–water partition coefficient (Wildman–Crippen LogP) is 6.09. The lowest BCUT2D eigenvalue weighted by atomic mass is 10.0. The van der Waals surface area contributed by atoms with E-state index in [2.05, 4.69) is 85.1 Å². The summed E-state index contributed by atoms with van der Waals surface area (Å²) >= 11 is 0. The molecule has 4 aromatic rings. The van der Waals surface area contributed by atoms with Crippen molar-refractivity contribution in [1.29, 1.82) is 0 Å². The maximum atomic E-state index is 12.8. The van der Waals surface area contributed by atoms with Crippen LogP contribution in [0.5, 0.6) is 0 Å². The van der Waals surface area contributed by atoms with Crippen LogP contribution in [0.15, 0.2) is 66.9 Å². The average Bonchev–Trinajstić information content (AvgIpc) is 3.16. The minimum absolute atomic E-state index is 0.189. The fraction of sp³-hybridized carbons (Fsp3) is 0.286. The van der Waals surface area contributed by atoms with Gasteiger partial charge in [0.2, 0.25) is 5.91 Å². The number of hydrogen-bond donors (Lipinski definition) is 0. The van der Waals surface area contributed by atoms with Crippen LogP contribution in [0, 0.1) is 13.8 Å². The minimum atomic E-state index is 0.189. The van der Waals surface area contributed by atoms with E-state index in [0.717, 1.165) is 41.3 Å². The van der Waals surface area contributed by atoms with Crippen LogP contribution in [0.25, 0.3) is 28.0 Å². The summed E-state index contributed by atoms with van der Waals surface area (Å²) in [6.45, 7) is 9.74. The molecule has 1 amide bonds. The van der Waals surface area contributed by atoms with Crippen LogP contribution in [0.3, 0.4) is 0 Å². The van der Waals surface area contributed by atoms with Gasteiger partial charge < -0.3 is 9.30 Å². The Morgan fingerprint density at radius 2 is 1.59 bits per heavy atom. The molecule has 0 atom stereocenters. The van der Waals surface area contributed by atoms with Crippen molar-refractivity contribution >= 4 is 11.6 Å². The minimum Gasteiger partial charge on any atom is -0.343 e. The first-order valence-electron chi connectivity index (χ1n) is 11.4. The smallest absolute Gasteiger partial charge is 0.222 e. The molecule has 2 aromatic carbocycles. The van der Waals surface area contributed by atoms with Crippen LogP contribution in [0.2, 0.25) is 0 Å². The zero-order valence-electron chi connectivity index (χ0n) is 19.4. The highest BCUT2D eigenvalue weighted by Crippen LogP contribution is 2.29. The van der Waals surface area contributed by atoms with E-state index in [1.165, 1.54) is 16.7 Å². The first-order valence-corrected chi connectivity index (χ1v) is 11.4. The standard InChI is InChI=1S/C28H31N3O/c1-5-30(6-2)27(32)17-15-25-28(22-12-10-20(3)11-13-22)29-26-16-14-24(19-31(25)26)23-9-7-8-21(4)18-23/h7-14,16,18-19H,5-6,15,17H2,1-4H3. The summed E-state index contributed by atoms with van der Waals surface area (Å²) in [7, 11) is 0. The van der Waals surface area contributed by atoms with Gasteiger partial charge >= 0.3 is 0 Å². The van der Waals surface area contributed by atoms with Crippen molar-refractivity contribution in [2.75, 3.05) is 13.1 Å². The number of hydrogen-bond acceptors (Lipinski definition) is 2. The lowest BCUT2D eigenvalue weighted by molar-refractivity contribution is -0.130. The van der Waals surface area contributed by atoms with E-state index in [4.69, 9.17) is 4.98 Å². The molecule has 2 heterocycles. The van der Waals surface area contributed by atoms with Gasteiger partial charge in [0.1, 0.15) is 5.65 Å². The number of carbonyl (C=O) groups excluding carboxylic acids is 1. The summed E-state index contributed by atoms with van der Waals surface area (Å²) in [4.78, 5) is 19.6. The Kier molecular flexibility index (Phi) is 6.40. The molecule has 0 unspecified atom stereocenters. The van der Waals surface area contributed by atoms with E-state index < -0.39 is 0 Å². The largest absolute Gasteiger partial charge is 0.343 e. The van der Waals surface area contributed by atoms with Gasteiger partial charge in [-0.15, -0.1) is 0 Å². The van der Waals surface area contributed by atoms with Crippen LogP contribution in [0.4, 0.5) is 0 Å². The van der Waals surface area contributed by atoms with Crippen LogP contribution in [-0.2, 0) is 11.2 Å². The number of rotatable bonds is 7. The second-order valence-corrected chi connectivity index (χ2v) is 8.35. The third-order valence-electron chi connectivity index (χ3n) is 6.09. The number of benzene rings is 2. The second-order valence-electron chi connectivity index (χ2n) is 8.35. The van der Waals surface area contributed by atoms with Crippen molar-refractivity contribution in [3.05, 3.63) is 83.7 Å². The Morgan fingerprint density at radius 3 is 2.28 bits per heavy atom. The third kappa shape index (κ3) is 4.45. The SMILES string of the molecule is CCN(CC)C(=O)CCc1c(-c2ccc(C)cc2)nc2ccc(-c3cccc(C)c3)cn12. The number of amides is 1. The van der Waals surface area contributed by atoms with E-state index in [-0.39, 0.29) is 5.91 Å². The van der Waals surface area contributed by atoms with Crippen molar-refractivity contribution in [2.45, 2.75) is 40.5 Å². The third-order valence-corrected chi connectivity index (χ3v) is 6.09. The van der Waals surface area contributed by atoms with Crippen LogP contribution in [0.1, 0.15) is 37.1 Å². The Bertz CT molecular complexity index is 1230. The van der Waals surface area contributed by atoms with Crippen molar-refractivity contribution < 1.29 is 4.79 Å². The van der Waals surface area contributed by atoms with Gasteiger partial charge in [-0.25, -0.2) is 4.98 Å². The molecule has 0 N–H and O–H groups in total. The maximum Gasteiger partial charge on any atom is 0.222 e. The van der Waals surface area contributed by atoms with Gasteiger partial charge in [0.15, 0.2) is 0 Å². The number of aryl methyl sites for hydroxylation is 3. The number of fused-ring (bicyclic) bond motifs is 1. The van der Waals surface area contributed by atoms with Crippen molar-refractivity contribution in [2.24, 2.45) is 0 Å². The van der Waals surface area contributed by atoms with E-state index in [1.807, 2.05) is 18.7 Å². The molecule has 2 aromatic heterocycles. The number of nitrogens with zero attached hydrogens (tertiary/aromatic N) is 3. The van der Waals surface area contributed by atoms with Gasteiger partial charge in [0.25, 0.3) is 0 Å². The van der Waals surface area contributed by atoms with E-state index >= 15 is 0 Å². The molecule has 0 fully saturated rings. The Labute approximate surface area is 190 Å². The van der Waals surface area contributed by atoms with Gasteiger partial charge in [0.05, 0.1) is 11.4 Å². The van der Waals surface area contributed by atoms with Gasteiger partial charge in [0, 0.05) is 31.3 Å². The van der Waals surface area contributed by atoms with Crippen molar-refractivity contribution in [3.8, 4) is 22.4 Å². The van der Waals surface area contributed by atoms with E-state index in [0.29, 0.717) is 12.8 Å². The molecular weight excluding hydrogens is 394 g/mol. The van der Waals surface area contributed by atoms with Crippen LogP contribution < -0.4 is 0 Å². The van der Waals surface area contributed by atoms with Gasteiger partial charge in [-0.2, -0.15) is 0 Å². The molecule has 0 aliphatic carbocycles. The lowest BCUT2D eigenvalue weighted by Gasteiger charge is -2.18. The zero-order chi connectivity index (χ0) is 22.7. The molecule has 4 nitrogen and oxygen atoms in total. The number of aromatic nitrogens is 2. The molecule has 32 heavy (non-hydrogen) atoms. The fourth-order valence-electron chi connectivity index (χ4n) is 4.23. The van der Waals surface area contributed by atoms with E-state index in [1.54, 1.807) is 0 Å². The first-order chi connectivity index (χ1) is 15.5. The predicted molar refractivity (Wildman–Crippen MR) is 132 cm³/mol. The molecule has 0 spiro atoms. The molecule has 4 rings (SSSR count). The summed E-state index contributed by atoms with van der Waals surface area (Å²) in [5.41, 5.74) is 8.81. The number of pyridine rings is 1. The molecule has 164 valence electrons.